The third kappa shape index (κ3) is 3.16. The predicted molar refractivity (Wildman–Crippen MR) is 103 cm³/mol. The van der Waals surface area contributed by atoms with Crippen LogP contribution < -0.4 is 0 Å². The fourth-order valence-corrected chi connectivity index (χ4v) is 4.13. The highest BCUT2D eigenvalue weighted by atomic mass is 16.3. The number of rotatable bonds is 4. The van der Waals surface area contributed by atoms with Crippen LogP contribution in [-0.4, -0.2) is 28.5 Å². The number of amides is 1. The first-order valence-corrected chi connectivity index (χ1v) is 9.58. The van der Waals surface area contributed by atoms with Gasteiger partial charge in [0.2, 0.25) is 0 Å². The molecule has 3 aromatic rings. The Bertz CT molecular complexity index is 899. The van der Waals surface area contributed by atoms with E-state index in [1.54, 1.807) is 0 Å². The van der Waals surface area contributed by atoms with Gasteiger partial charge in [-0.25, -0.2) is 0 Å². The maximum Gasteiger partial charge on any atom is 0.270 e. The minimum atomic E-state index is 0.133. The van der Waals surface area contributed by atoms with Crippen molar-refractivity contribution in [3.8, 4) is 0 Å². The summed E-state index contributed by atoms with van der Waals surface area (Å²) >= 11 is 0. The highest BCUT2D eigenvalue weighted by Crippen LogP contribution is 2.27. The molecule has 1 saturated heterocycles. The molecule has 3 heterocycles. The third-order valence-electron chi connectivity index (χ3n) is 5.52. The van der Waals surface area contributed by atoms with Crippen molar-refractivity contribution in [1.29, 1.82) is 0 Å². The Morgan fingerprint density at radius 3 is 2.58 bits per heavy atom. The van der Waals surface area contributed by atoms with E-state index in [4.69, 9.17) is 4.42 Å². The van der Waals surface area contributed by atoms with Gasteiger partial charge in [-0.3, -0.25) is 4.79 Å². The fourth-order valence-electron chi connectivity index (χ4n) is 4.13. The number of fused-ring (bicyclic) bond motifs is 1. The molecule has 1 aliphatic rings. The van der Waals surface area contributed by atoms with E-state index < -0.39 is 0 Å². The second-order valence-electron chi connectivity index (χ2n) is 7.31. The van der Waals surface area contributed by atoms with Crippen molar-refractivity contribution in [3.63, 3.8) is 0 Å². The van der Waals surface area contributed by atoms with Crippen molar-refractivity contribution in [3.05, 3.63) is 59.5 Å². The maximum atomic E-state index is 13.1. The number of nitrogens with zero attached hydrogens (tertiary/aromatic N) is 2. The van der Waals surface area contributed by atoms with Gasteiger partial charge >= 0.3 is 0 Å². The fraction of sp³-hybridized carbons (Fsp3) is 0.409. The van der Waals surface area contributed by atoms with E-state index in [9.17, 15) is 4.79 Å². The number of aromatic nitrogens is 1. The molecule has 0 aliphatic carbocycles. The topological polar surface area (TPSA) is 38.4 Å². The van der Waals surface area contributed by atoms with Crippen molar-refractivity contribution in [1.82, 2.24) is 9.47 Å². The van der Waals surface area contributed by atoms with Crippen LogP contribution in [0.1, 0.15) is 41.6 Å². The summed E-state index contributed by atoms with van der Waals surface area (Å²) < 4.78 is 7.79. The van der Waals surface area contributed by atoms with Crippen LogP contribution in [0.25, 0.3) is 11.1 Å². The summed E-state index contributed by atoms with van der Waals surface area (Å²) in [6, 6.07) is 14.6. The molecule has 136 valence electrons. The quantitative estimate of drug-likeness (QED) is 0.686. The predicted octanol–water partition coefficient (Wildman–Crippen LogP) is 4.66. The van der Waals surface area contributed by atoms with Crippen molar-refractivity contribution >= 4 is 17.0 Å². The smallest absolute Gasteiger partial charge is 0.270 e. The second-order valence-corrected chi connectivity index (χ2v) is 7.31. The van der Waals surface area contributed by atoms with Gasteiger partial charge in [0.05, 0.1) is 5.52 Å². The Morgan fingerprint density at radius 1 is 1.15 bits per heavy atom. The van der Waals surface area contributed by atoms with E-state index in [0.29, 0.717) is 5.92 Å². The normalized spacial score (nSPS) is 15.7. The Morgan fingerprint density at radius 2 is 1.88 bits per heavy atom. The number of carbonyl (C=O) groups is 1. The van der Waals surface area contributed by atoms with Crippen LogP contribution in [0.2, 0.25) is 0 Å². The van der Waals surface area contributed by atoms with Gasteiger partial charge in [0.1, 0.15) is 11.5 Å². The third-order valence-corrected chi connectivity index (χ3v) is 5.52. The van der Waals surface area contributed by atoms with Crippen LogP contribution in [0.3, 0.4) is 0 Å². The molecule has 1 aliphatic heterocycles. The van der Waals surface area contributed by atoms with Crippen LogP contribution >= 0.6 is 0 Å². The molecule has 0 N–H and O–H groups in total. The van der Waals surface area contributed by atoms with Crippen molar-refractivity contribution in [2.45, 2.75) is 39.7 Å². The Hall–Kier alpha value is -2.49. The highest BCUT2D eigenvalue weighted by Gasteiger charge is 2.26. The van der Waals surface area contributed by atoms with Gasteiger partial charge in [-0.15, -0.1) is 0 Å². The molecule has 4 rings (SSSR count). The van der Waals surface area contributed by atoms with Gasteiger partial charge in [-0.1, -0.05) is 30.3 Å². The van der Waals surface area contributed by atoms with Crippen LogP contribution in [0, 0.1) is 12.8 Å². The number of piperidine rings is 1. The zero-order valence-corrected chi connectivity index (χ0v) is 15.6. The summed E-state index contributed by atoms with van der Waals surface area (Å²) in [5, 5.41) is 0. The van der Waals surface area contributed by atoms with E-state index in [0.717, 1.165) is 61.5 Å². The number of carbonyl (C=O) groups excluding carboxylic acids is 1. The van der Waals surface area contributed by atoms with E-state index in [1.165, 1.54) is 5.56 Å². The Balaban J connectivity index is 1.44. The number of aryl methyl sites for hydroxylation is 2. The average molecular weight is 350 g/mol. The summed E-state index contributed by atoms with van der Waals surface area (Å²) in [6.45, 7) is 6.47. The molecule has 0 saturated carbocycles. The number of hydrogen-bond acceptors (Lipinski definition) is 2. The molecule has 4 nitrogen and oxygen atoms in total. The molecule has 2 aromatic heterocycles. The standard InChI is InChI=1S/C22H26N2O2/c1-3-24-19-13-16(2)26-21(19)15-20(24)22(25)23-11-9-18(10-12-23)14-17-7-5-4-6-8-17/h4-8,13,15,18H,3,9-12,14H2,1-2H3. The van der Waals surface area contributed by atoms with E-state index in [1.807, 2.05) is 24.0 Å². The zero-order chi connectivity index (χ0) is 18.1. The minimum absolute atomic E-state index is 0.133. The number of furan rings is 1. The van der Waals surface area contributed by atoms with Gasteiger partial charge in [0, 0.05) is 31.8 Å². The summed E-state index contributed by atoms with van der Waals surface area (Å²) in [5.41, 5.74) is 3.98. The largest absolute Gasteiger partial charge is 0.460 e. The van der Waals surface area contributed by atoms with E-state index in [-0.39, 0.29) is 5.91 Å². The first-order chi connectivity index (χ1) is 12.7. The molecule has 0 radical (unpaired) electrons. The molecule has 1 amide bonds. The summed E-state index contributed by atoms with van der Waals surface area (Å²) in [6.07, 6.45) is 3.26. The van der Waals surface area contributed by atoms with Gasteiger partial charge in [0.15, 0.2) is 5.58 Å². The minimum Gasteiger partial charge on any atom is -0.460 e. The molecular formula is C22H26N2O2. The van der Waals surface area contributed by atoms with E-state index in [2.05, 4.69) is 41.8 Å². The first-order valence-electron chi connectivity index (χ1n) is 9.58. The summed E-state index contributed by atoms with van der Waals surface area (Å²) in [5.74, 6) is 1.69. The lowest BCUT2D eigenvalue weighted by Gasteiger charge is -2.32. The molecule has 26 heavy (non-hydrogen) atoms. The zero-order valence-electron chi connectivity index (χ0n) is 15.6. The number of benzene rings is 1. The lowest BCUT2D eigenvalue weighted by atomic mass is 9.90. The average Bonchev–Trinajstić information content (AvgIpc) is 3.18. The van der Waals surface area contributed by atoms with Crippen molar-refractivity contribution in [2.75, 3.05) is 13.1 Å². The molecule has 0 atom stereocenters. The summed E-state index contributed by atoms with van der Waals surface area (Å²) in [7, 11) is 0. The lowest BCUT2D eigenvalue weighted by molar-refractivity contribution is 0.0680. The molecule has 0 unspecified atom stereocenters. The van der Waals surface area contributed by atoms with Crippen molar-refractivity contribution < 1.29 is 9.21 Å². The Kier molecular flexibility index (Phi) is 4.58. The van der Waals surface area contributed by atoms with Gasteiger partial charge in [0.25, 0.3) is 5.91 Å². The van der Waals surface area contributed by atoms with Gasteiger partial charge in [-0.2, -0.15) is 0 Å². The Labute approximate surface area is 154 Å². The molecule has 1 fully saturated rings. The SMILES string of the molecule is CCn1c(C(=O)N2CCC(Cc3ccccc3)CC2)cc2oc(C)cc21. The van der Waals surface area contributed by atoms with Crippen LogP contribution in [0.15, 0.2) is 46.9 Å². The highest BCUT2D eigenvalue weighted by molar-refractivity contribution is 5.97. The molecule has 0 spiro atoms. The maximum absolute atomic E-state index is 13.1. The second kappa shape index (κ2) is 7.02. The van der Waals surface area contributed by atoms with Gasteiger partial charge < -0.3 is 13.9 Å². The monoisotopic (exact) mass is 350 g/mol. The molecule has 4 heteroatoms. The summed E-state index contributed by atoms with van der Waals surface area (Å²) in [4.78, 5) is 15.1. The van der Waals surface area contributed by atoms with Crippen LogP contribution in [0.4, 0.5) is 0 Å². The van der Waals surface area contributed by atoms with Crippen LogP contribution in [-0.2, 0) is 13.0 Å². The number of hydrogen-bond donors (Lipinski definition) is 0. The molecular weight excluding hydrogens is 324 g/mol. The lowest BCUT2D eigenvalue weighted by Crippen LogP contribution is -2.39. The molecule has 1 aromatic carbocycles. The van der Waals surface area contributed by atoms with E-state index >= 15 is 0 Å². The van der Waals surface area contributed by atoms with Crippen LogP contribution in [0.5, 0.6) is 0 Å². The van der Waals surface area contributed by atoms with Gasteiger partial charge in [-0.05, 0) is 44.6 Å². The first kappa shape index (κ1) is 17.0. The number of likely N-dealkylation sites (tertiary alicyclic amines) is 1. The molecule has 0 bridgehead atoms. The van der Waals surface area contributed by atoms with Crippen molar-refractivity contribution in [2.24, 2.45) is 5.92 Å².